The first-order chi connectivity index (χ1) is 9.49. The Hall–Kier alpha value is -1.87. The first-order valence-electron chi connectivity index (χ1n) is 6.21. The molecule has 20 heavy (non-hydrogen) atoms. The Morgan fingerprint density at radius 1 is 1.35 bits per heavy atom. The van der Waals surface area contributed by atoms with Gasteiger partial charge < -0.3 is 9.84 Å². The predicted molar refractivity (Wildman–Crippen MR) is 70.8 cm³/mol. The van der Waals surface area contributed by atoms with Crippen LogP contribution in [0.2, 0.25) is 0 Å². The molecule has 0 fully saturated rings. The van der Waals surface area contributed by atoms with E-state index in [1.165, 1.54) is 0 Å². The number of nitrogens with zero attached hydrogens (tertiary/aromatic N) is 2. The zero-order valence-corrected chi connectivity index (χ0v) is 12.0. The molecule has 9 heteroatoms. The van der Waals surface area contributed by atoms with Crippen molar-refractivity contribution >= 4 is 15.8 Å². The Morgan fingerprint density at radius 3 is 2.85 bits per heavy atom. The maximum atomic E-state index is 12.4. The van der Waals surface area contributed by atoms with Crippen LogP contribution in [-0.2, 0) is 23.0 Å². The fourth-order valence-electron chi connectivity index (χ4n) is 2.35. The van der Waals surface area contributed by atoms with Crippen molar-refractivity contribution in [2.24, 2.45) is 0 Å². The average Bonchev–Trinajstić information content (AvgIpc) is 2.94. The summed E-state index contributed by atoms with van der Waals surface area (Å²) in [5.74, 6) is 0.588. The molecule has 1 aliphatic heterocycles. The molecule has 0 bridgehead atoms. The number of hydrogen-bond donors (Lipinski definition) is 3. The molecule has 1 aliphatic rings. The summed E-state index contributed by atoms with van der Waals surface area (Å²) >= 11 is 0. The minimum atomic E-state index is -3.75. The van der Waals surface area contributed by atoms with Gasteiger partial charge in [-0.05, 0) is 13.8 Å². The van der Waals surface area contributed by atoms with E-state index in [4.69, 9.17) is 4.52 Å². The number of H-pyrrole nitrogens is 1. The summed E-state index contributed by atoms with van der Waals surface area (Å²) in [6.07, 6.45) is 0.801. The van der Waals surface area contributed by atoms with Crippen LogP contribution in [0.15, 0.2) is 9.42 Å². The van der Waals surface area contributed by atoms with Crippen LogP contribution < -0.4 is 10.0 Å². The number of aromatic nitrogens is 3. The fraction of sp³-hybridized carbons (Fsp3) is 0.455. The lowest BCUT2D eigenvalue weighted by molar-refractivity contribution is 0.390. The number of anilines is 1. The first-order valence-corrected chi connectivity index (χ1v) is 7.70. The second-order valence-electron chi connectivity index (χ2n) is 4.71. The van der Waals surface area contributed by atoms with Crippen molar-refractivity contribution in [3.8, 4) is 0 Å². The van der Waals surface area contributed by atoms with Gasteiger partial charge >= 0.3 is 0 Å². The summed E-state index contributed by atoms with van der Waals surface area (Å²) in [5.41, 5.74) is 2.14. The van der Waals surface area contributed by atoms with Crippen LogP contribution in [-0.4, -0.2) is 30.3 Å². The van der Waals surface area contributed by atoms with Gasteiger partial charge in [-0.1, -0.05) is 5.16 Å². The Balaban J connectivity index is 1.97. The second-order valence-corrected chi connectivity index (χ2v) is 6.33. The van der Waals surface area contributed by atoms with Gasteiger partial charge in [0.25, 0.3) is 10.0 Å². The molecule has 0 aliphatic carbocycles. The van der Waals surface area contributed by atoms with Crippen LogP contribution in [0.25, 0.3) is 0 Å². The highest BCUT2D eigenvalue weighted by Crippen LogP contribution is 2.25. The third-order valence-electron chi connectivity index (χ3n) is 3.27. The van der Waals surface area contributed by atoms with Gasteiger partial charge in [-0.25, -0.2) is 8.42 Å². The molecule has 2 aromatic rings. The first kappa shape index (κ1) is 13.1. The molecule has 0 saturated heterocycles. The summed E-state index contributed by atoms with van der Waals surface area (Å²) in [6, 6.07) is 0. The molecule has 2 aromatic heterocycles. The van der Waals surface area contributed by atoms with Crippen LogP contribution in [0.4, 0.5) is 5.82 Å². The number of sulfonamides is 1. The van der Waals surface area contributed by atoms with Gasteiger partial charge in [-0.2, -0.15) is 5.10 Å². The van der Waals surface area contributed by atoms with Crippen molar-refractivity contribution in [3.05, 3.63) is 22.7 Å². The summed E-state index contributed by atoms with van der Waals surface area (Å²) < 4.78 is 32.2. The van der Waals surface area contributed by atoms with Gasteiger partial charge in [0.05, 0.1) is 0 Å². The van der Waals surface area contributed by atoms with Crippen molar-refractivity contribution < 1.29 is 12.9 Å². The number of aromatic amines is 1. The topological polar surface area (TPSA) is 113 Å². The molecule has 0 radical (unpaired) electrons. The minimum absolute atomic E-state index is 0.0676. The van der Waals surface area contributed by atoms with E-state index in [1.54, 1.807) is 13.8 Å². The lowest BCUT2D eigenvalue weighted by atomic mass is 10.1. The summed E-state index contributed by atoms with van der Waals surface area (Å²) in [4.78, 5) is 0.0676. The van der Waals surface area contributed by atoms with Crippen molar-refractivity contribution in [3.63, 3.8) is 0 Å². The van der Waals surface area contributed by atoms with Gasteiger partial charge in [0, 0.05) is 30.8 Å². The molecule has 108 valence electrons. The SMILES string of the molecule is Cc1noc(C)c1S(=O)(=O)Nc1n[nH]c2c1CNCC2. The van der Waals surface area contributed by atoms with Crippen LogP contribution in [0.3, 0.4) is 0 Å². The minimum Gasteiger partial charge on any atom is -0.360 e. The molecular weight excluding hydrogens is 282 g/mol. The fourth-order valence-corrected chi connectivity index (χ4v) is 3.71. The van der Waals surface area contributed by atoms with E-state index in [0.717, 1.165) is 24.2 Å². The highest BCUT2D eigenvalue weighted by atomic mass is 32.2. The molecule has 0 aromatic carbocycles. The Bertz CT molecular complexity index is 727. The number of aryl methyl sites for hydroxylation is 2. The Morgan fingerprint density at radius 2 is 2.15 bits per heavy atom. The number of nitrogens with one attached hydrogen (secondary N) is 3. The summed E-state index contributed by atoms with van der Waals surface area (Å²) in [5, 5.41) is 13.8. The van der Waals surface area contributed by atoms with Crippen LogP contribution >= 0.6 is 0 Å². The normalized spacial score (nSPS) is 15.1. The quantitative estimate of drug-likeness (QED) is 0.758. The van der Waals surface area contributed by atoms with Crippen LogP contribution in [0.1, 0.15) is 22.7 Å². The van der Waals surface area contributed by atoms with Crippen molar-refractivity contribution in [1.82, 2.24) is 20.7 Å². The van der Waals surface area contributed by atoms with Crippen molar-refractivity contribution in [2.45, 2.75) is 31.7 Å². The molecule has 0 amide bonds. The molecule has 3 rings (SSSR count). The van der Waals surface area contributed by atoms with E-state index in [9.17, 15) is 8.42 Å². The molecule has 0 atom stereocenters. The van der Waals surface area contributed by atoms with Crippen LogP contribution in [0.5, 0.6) is 0 Å². The Labute approximate surface area is 116 Å². The molecule has 8 nitrogen and oxygen atoms in total. The third kappa shape index (κ3) is 2.08. The van der Waals surface area contributed by atoms with E-state index in [-0.39, 0.29) is 10.7 Å². The molecule has 3 heterocycles. The smallest absolute Gasteiger partial charge is 0.268 e. The van der Waals surface area contributed by atoms with E-state index in [2.05, 4.69) is 25.4 Å². The van der Waals surface area contributed by atoms with E-state index < -0.39 is 10.0 Å². The van der Waals surface area contributed by atoms with E-state index in [1.807, 2.05) is 0 Å². The van der Waals surface area contributed by atoms with Gasteiger partial charge in [0.2, 0.25) is 0 Å². The molecule has 3 N–H and O–H groups in total. The zero-order chi connectivity index (χ0) is 14.3. The average molecular weight is 297 g/mol. The standard InChI is InChI=1S/C11H15N5O3S/c1-6-10(7(2)19-15-6)20(17,18)16-11-8-5-12-4-3-9(8)13-14-11/h12H,3-5H2,1-2H3,(H2,13,14,16). The Kier molecular flexibility index (Phi) is 3.02. The molecule has 0 spiro atoms. The largest absolute Gasteiger partial charge is 0.360 e. The highest BCUT2D eigenvalue weighted by Gasteiger charge is 2.27. The molecule has 0 saturated carbocycles. The monoisotopic (exact) mass is 297 g/mol. The predicted octanol–water partition coefficient (Wildman–Crippen LogP) is 0.461. The second kappa shape index (κ2) is 4.60. The van der Waals surface area contributed by atoms with E-state index in [0.29, 0.717) is 18.1 Å². The summed E-state index contributed by atoms with van der Waals surface area (Å²) in [6.45, 7) is 4.60. The maximum absolute atomic E-state index is 12.4. The highest BCUT2D eigenvalue weighted by molar-refractivity contribution is 7.92. The van der Waals surface area contributed by atoms with Crippen molar-refractivity contribution in [2.75, 3.05) is 11.3 Å². The maximum Gasteiger partial charge on any atom is 0.268 e. The van der Waals surface area contributed by atoms with Gasteiger partial charge in [0.1, 0.15) is 5.69 Å². The summed E-state index contributed by atoms with van der Waals surface area (Å²) in [7, 11) is -3.75. The van der Waals surface area contributed by atoms with E-state index >= 15 is 0 Å². The number of rotatable bonds is 3. The molecule has 0 unspecified atom stereocenters. The lowest BCUT2D eigenvalue weighted by Crippen LogP contribution is -2.24. The lowest BCUT2D eigenvalue weighted by Gasteiger charge is -2.13. The van der Waals surface area contributed by atoms with Gasteiger partial charge in [0.15, 0.2) is 16.5 Å². The zero-order valence-electron chi connectivity index (χ0n) is 11.1. The molecular formula is C11H15N5O3S. The van der Waals surface area contributed by atoms with Crippen LogP contribution in [0, 0.1) is 13.8 Å². The van der Waals surface area contributed by atoms with Gasteiger partial charge in [-0.15, -0.1) is 0 Å². The van der Waals surface area contributed by atoms with Crippen molar-refractivity contribution in [1.29, 1.82) is 0 Å². The van der Waals surface area contributed by atoms with Gasteiger partial charge in [-0.3, -0.25) is 9.82 Å². The number of fused-ring (bicyclic) bond motifs is 1. The third-order valence-corrected chi connectivity index (χ3v) is 4.86. The number of hydrogen-bond acceptors (Lipinski definition) is 6.